The van der Waals surface area contributed by atoms with Gasteiger partial charge in [-0.3, -0.25) is 0 Å². The predicted molar refractivity (Wildman–Crippen MR) is 119 cm³/mol. The van der Waals surface area contributed by atoms with E-state index in [9.17, 15) is 13.2 Å². The van der Waals surface area contributed by atoms with Crippen molar-refractivity contribution >= 4 is 16.1 Å². The molecular weight excluding hydrogens is 398 g/mol. The van der Waals surface area contributed by atoms with Gasteiger partial charge in [-0.15, -0.1) is 6.42 Å². The molecule has 0 aliphatic rings. The van der Waals surface area contributed by atoms with Gasteiger partial charge in [0.05, 0.1) is 4.90 Å². The Morgan fingerprint density at radius 1 is 1.10 bits per heavy atom. The lowest BCUT2D eigenvalue weighted by molar-refractivity contribution is 0.0389. The summed E-state index contributed by atoms with van der Waals surface area (Å²) in [5.41, 5.74) is 1.10. The third kappa shape index (κ3) is 6.36. The minimum absolute atomic E-state index is 0.0177. The van der Waals surface area contributed by atoms with Crippen molar-refractivity contribution in [1.82, 2.24) is 4.31 Å². The highest BCUT2D eigenvalue weighted by Crippen LogP contribution is 2.24. The number of sulfonamides is 1. The molecule has 5 nitrogen and oxygen atoms in total. The molecule has 2 rings (SSSR count). The van der Waals surface area contributed by atoms with Crippen LogP contribution in [0.15, 0.2) is 59.5 Å². The summed E-state index contributed by atoms with van der Waals surface area (Å²) in [6.45, 7) is 6.95. The van der Waals surface area contributed by atoms with Crippen LogP contribution in [0, 0.1) is 19.3 Å². The van der Waals surface area contributed by atoms with Crippen molar-refractivity contribution in [3.63, 3.8) is 0 Å². The monoisotopic (exact) mass is 427 g/mol. The highest BCUT2D eigenvalue weighted by molar-refractivity contribution is 7.89. The molecule has 2 aromatic rings. The third-order valence-electron chi connectivity index (χ3n) is 4.46. The molecule has 2 aromatic carbocycles. The number of aryl methyl sites for hydroxylation is 1. The van der Waals surface area contributed by atoms with Gasteiger partial charge in [0.25, 0.3) is 10.0 Å². The lowest BCUT2D eigenvalue weighted by atomic mass is 9.95. The Kier molecular flexibility index (Phi) is 7.69. The van der Waals surface area contributed by atoms with Crippen LogP contribution in [0.5, 0.6) is 0 Å². The predicted octanol–water partition coefficient (Wildman–Crippen LogP) is 5.12. The number of terminal acetylenes is 1. The first-order valence-electron chi connectivity index (χ1n) is 9.88. The molecule has 0 saturated carbocycles. The first-order valence-corrected chi connectivity index (χ1v) is 11.3. The molecule has 0 aliphatic heterocycles. The largest absolute Gasteiger partial charge is 0.443 e. The molecule has 160 valence electrons. The van der Waals surface area contributed by atoms with Crippen molar-refractivity contribution in [3.05, 3.63) is 65.7 Å². The lowest BCUT2D eigenvalue weighted by Gasteiger charge is -2.27. The molecule has 0 fully saturated rings. The van der Waals surface area contributed by atoms with Gasteiger partial charge in [0, 0.05) is 12.5 Å². The van der Waals surface area contributed by atoms with Crippen molar-refractivity contribution in [1.29, 1.82) is 0 Å². The van der Waals surface area contributed by atoms with Gasteiger partial charge < -0.3 is 4.74 Å². The van der Waals surface area contributed by atoms with Gasteiger partial charge in [-0.2, -0.15) is 0 Å². The highest BCUT2D eigenvalue weighted by Gasteiger charge is 2.32. The van der Waals surface area contributed by atoms with E-state index < -0.39 is 21.7 Å². The van der Waals surface area contributed by atoms with Gasteiger partial charge in [0.1, 0.15) is 5.60 Å². The van der Waals surface area contributed by atoms with Crippen molar-refractivity contribution in [2.75, 3.05) is 6.54 Å². The number of hydrogen-bond acceptors (Lipinski definition) is 4. The second-order valence-electron chi connectivity index (χ2n) is 8.14. The third-order valence-corrected chi connectivity index (χ3v) is 6.24. The summed E-state index contributed by atoms with van der Waals surface area (Å²) in [6, 6.07) is 16.0. The van der Waals surface area contributed by atoms with Crippen LogP contribution in [0.4, 0.5) is 4.79 Å². The molecule has 0 aliphatic carbocycles. The molecule has 0 N–H and O–H groups in total. The molecule has 0 bridgehead atoms. The maximum Gasteiger partial charge on any atom is 0.424 e. The fourth-order valence-corrected chi connectivity index (χ4v) is 4.27. The molecule has 0 saturated heterocycles. The second-order valence-corrected chi connectivity index (χ2v) is 10.0. The Morgan fingerprint density at radius 2 is 1.70 bits per heavy atom. The van der Waals surface area contributed by atoms with Gasteiger partial charge in [-0.05, 0) is 58.2 Å². The van der Waals surface area contributed by atoms with Crippen LogP contribution in [-0.4, -0.2) is 31.0 Å². The minimum atomic E-state index is -4.05. The van der Waals surface area contributed by atoms with E-state index in [4.69, 9.17) is 11.2 Å². The normalized spacial score (nSPS) is 12.6. The van der Waals surface area contributed by atoms with Crippen LogP contribution >= 0.6 is 0 Å². The SMILES string of the molecule is C#CC(CCCN(C(=O)OC(C)(C)C)S(=O)(=O)c1ccc(C)cc1)c1ccccc1. The molecule has 6 heteroatoms. The summed E-state index contributed by atoms with van der Waals surface area (Å²) in [4.78, 5) is 12.8. The quantitative estimate of drug-likeness (QED) is 0.576. The second kappa shape index (κ2) is 9.82. The standard InChI is InChI=1S/C24H29NO4S/c1-6-20(21-11-8-7-9-12-21)13-10-18-25(23(26)29-24(3,4)5)30(27,28)22-16-14-19(2)15-17-22/h1,7-9,11-12,14-17,20H,10,13,18H2,2-5H3. The summed E-state index contributed by atoms with van der Waals surface area (Å²) in [5.74, 6) is 2.59. The number of carbonyl (C=O) groups is 1. The number of amides is 1. The molecular formula is C24H29NO4S. The van der Waals surface area contributed by atoms with E-state index in [2.05, 4.69) is 5.92 Å². The van der Waals surface area contributed by atoms with Crippen molar-refractivity contribution < 1.29 is 17.9 Å². The molecule has 0 spiro atoms. The van der Waals surface area contributed by atoms with E-state index >= 15 is 0 Å². The Bertz CT molecular complexity index is 984. The molecule has 0 radical (unpaired) electrons. The summed E-state index contributed by atoms with van der Waals surface area (Å²) in [5, 5.41) is 0. The van der Waals surface area contributed by atoms with Crippen LogP contribution < -0.4 is 0 Å². The van der Waals surface area contributed by atoms with Crippen LogP contribution in [0.25, 0.3) is 0 Å². The average molecular weight is 428 g/mol. The van der Waals surface area contributed by atoms with Crippen molar-refractivity contribution in [2.24, 2.45) is 0 Å². The number of hydrogen-bond donors (Lipinski definition) is 0. The lowest BCUT2D eigenvalue weighted by Crippen LogP contribution is -2.41. The Hall–Kier alpha value is -2.78. The Morgan fingerprint density at radius 3 is 2.23 bits per heavy atom. The zero-order valence-corrected chi connectivity index (χ0v) is 18.8. The Labute approximate surface area is 180 Å². The molecule has 0 aromatic heterocycles. The molecule has 1 unspecified atom stereocenters. The van der Waals surface area contributed by atoms with E-state index in [0.29, 0.717) is 12.8 Å². The number of rotatable bonds is 7. The van der Waals surface area contributed by atoms with Gasteiger partial charge in [-0.1, -0.05) is 53.9 Å². The first-order chi connectivity index (χ1) is 14.0. The van der Waals surface area contributed by atoms with E-state index in [1.165, 1.54) is 12.1 Å². The first kappa shape index (κ1) is 23.5. The van der Waals surface area contributed by atoms with Gasteiger partial charge >= 0.3 is 6.09 Å². The fraction of sp³-hybridized carbons (Fsp3) is 0.375. The van der Waals surface area contributed by atoms with E-state index in [1.807, 2.05) is 37.3 Å². The number of benzene rings is 2. The molecule has 1 amide bonds. The maximum atomic E-state index is 13.2. The minimum Gasteiger partial charge on any atom is -0.443 e. The van der Waals surface area contributed by atoms with Crippen LogP contribution in [0.1, 0.15) is 50.7 Å². The fourth-order valence-electron chi connectivity index (χ4n) is 2.93. The maximum absolute atomic E-state index is 13.2. The highest BCUT2D eigenvalue weighted by atomic mass is 32.2. The van der Waals surface area contributed by atoms with Crippen molar-refractivity contribution in [2.45, 2.75) is 57.0 Å². The summed E-state index contributed by atoms with van der Waals surface area (Å²) in [7, 11) is -4.05. The van der Waals surface area contributed by atoms with Gasteiger partial charge in [-0.25, -0.2) is 17.5 Å². The van der Waals surface area contributed by atoms with E-state index in [-0.39, 0.29) is 17.4 Å². The number of carbonyl (C=O) groups excluding carboxylic acids is 1. The van der Waals surface area contributed by atoms with Crippen LogP contribution in [-0.2, 0) is 14.8 Å². The molecule has 30 heavy (non-hydrogen) atoms. The van der Waals surface area contributed by atoms with Crippen LogP contribution in [0.2, 0.25) is 0 Å². The average Bonchev–Trinajstić information content (AvgIpc) is 2.67. The topological polar surface area (TPSA) is 63.7 Å². The summed E-state index contributed by atoms with van der Waals surface area (Å²) < 4.78 is 32.5. The van der Waals surface area contributed by atoms with Crippen LogP contribution in [0.3, 0.4) is 0 Å². The molecule has 0 heterocycles. The number of nitrogens with zero attached hydrogens (tertiary/aromatic N) is 1. The van der Waals surface area contributed by atoms with Crippen molar-refractivity contribution in [3.8, 4) is 12.3 Å². The summed E-state index contributed by atoms with van der Waals surface area (Å²) >= 11 is 0. The zero-order chi connectivity index (χ0) is 22.4. The van der Waals surface area contributed by atoms with E-state index in [1.54, 1.807) is 32.9 Å². The van der Waals surface area contributed by atoms with E-state index in [0.717, 1.165) is 15.4 Å². The zero-order valence-electron chi connectivity index (χ0n) is 18.0. The van der Waals surface area contributed by atoms with Gasteiger partial charge in [0.15, 0.2) is 0 Å². The van der Waals surface area contributed by atoms with Gasteiger partial charge in [0.2, 0.25) is 0 Å². The number of ether oxygens (including phenoxy) is 1. The summed E-state index contributed by atoms with van der Waals surface area (Å²) in [6.07, 6.45) is 5.75. The Balaban J connectivity index is 2.22. The smallest absolute Gasteiger partial charge is 0.424 e. The molecule has 1 atom stereocenters.